The lowest BCUT2D eigenvalue weighted by Gasteiger charge is -2.05. The lowest BCUT2D eigenvalue weighted by atomic mass is 10.1. The monoisotopic (exact) mass is 501 g/mol. The number of ether oxygens (including phenoxy) is 1. The molecule has 0 spiro atoms. The number of fused-ring (bicyclic) bond motifs is 1. The minimum atomic E-state index is -0.527. The quantitative estimate of drug-likeness (QED) is 0.386. The van der Waals surface area contributed by atoms with Gasteiger partial charge in [0.05, 0.1) is 29.8 Å². The van der Waals surface area contributed by atoms with E-state index in [9.17, 15) is 4.39 Å². The number of nitrogens with one attached hydrogen (secondary N) is 1. The average molecular weight is 502 g/mol. The smallest absolute Gasteiger partial charge is 0.169 e. The zero-order valence-corrected chi connectivity index (χ0v) is 16.0. The fourth-order valence-electron chi connectivity index (χ4n) is 2.14. The standard InChI is InChI=1S/C12H8BrClFIN3OP/c1-20-7-2-6-8(5-3-17-19(4-5)21-16)12(13)18-11(6)10(15)9(7)14/h2-4,18,21H,1H3. The van der Waals surface area contributed by atoms with Gasteiger partial charge in [0, 0.05) is 22.7 Å². The molecule has 0 aliphatic heterocycles. The van der Waals surface area contributed by atoms with E-state index in [4.69, 9.17) is 16.3 Å². The van der Waals surface area contributed by atoms with Gasteiger partial charge >= 0.3 is 0 Å². The molecule has 0 fully saturated rings. The van der Waals surface area contributed by atoms with E-state index in [1.54, 1.807) is 12.3 Å². The molecule has 3 rings (SSSR count). The summed E-state index contributed by atoms with van der Waals surface area (Å²) in [6.07, 6.45) is 4.16. The van der Waals surface area contributed by atoms with Crippen LogP contribution in [0.3, 0.4) is 0 Å². The second-order valence-corrected chi connectivity index (χ2v) is 7.45. The molecule has 1 unspecified atom stereocenters. The predicted molar refractivity (Wildman–Crippen MR) is 96.5 cm³/mol. The van der Waals surface area contributed by atoms with Gasteiger partial charge in [-0.3, -0.25) is 0 Å². The average Bonchev–Trinajstić information content (AvgIpc) is 3.06. The number of halogens is 4. The maximum Gasteiger partial charge on any atom is 0.169 e. The summed E-state index contributed by atoms with van der Waals surface area (Å²) in [4.78, 5) is 2.98. The highest BCUT2D eigenvalue weighted by atomic mass is 127. The van der Waals surface area contributed by atoms with Crippen LogP contribution in [-0.4, -0.2) is 21.6 Å². The minimum absolute atomic E-state index is 0.0326. The Hall–Kier alpha value is -0.370. The van der Waals surface area contributed by atoms with E-state index in [1.165, 1.54) is 7.11 Å². The fraction of sp³-hybridized carbons (Fsp3) is 0.0833. The van der Waals surface area contributed by atoms with E-state index in [1.807, 2.05) is 10.6 Å². The van der Waals surface area contributed by atoms with Gasteiger partial charge in [0.15, 0.2) is 5.82 Å². The van der Waals surface area contributed by atoms with Crippen molar-refractivity contribution in [1.29, 1.82) is 0 Å². The molecule has 0 saturated carbocycles. The van der Waals surface area contributed by atoms with Gasteiger partial charge in [0.1, 0.15) is 10.8 Å². The van der Waals surface area contributed by atoms with Gasteiger partial charge in [-0.2, -0.15) is 5.10 Å². The van der Waals surface area contributed by atoms with Crippen LogP contribution in [0.15, 0.2) is 23.1 Å². The molecule has 2 aromatic heterocycles. The van der Waals surface area contributed by atoms with Crippen LogP contribution in [0.5, 0.6) is 5.75 Å². The molecule has 0 radical (unpaired) electrons. The molecule has 0 bridgehead atoms. The predicted octanol–water partition coefficient (Wildman–Crippen LogP) is 5.39. The molecule has 0 saturated heterocycles. The van der Waals surface area contributed by atoms with Crippen molar-refractivity contribution in [3.05, 3.63) is 33.9 Å². The van der Waals surface area contributed by atoms with Gasteiger partial charge < -0.3 is 9.72 Å². The number of rotatable bonds is 3. The van der Waals surface area contributed by atoms with Crippen LogP contribution in [0, 0.1) is 5.82 Å². The first-order chi connectivity index (χ1) is 10.1. The first kappa shape index (κ1) is 15.5. The molecular weight excluding hydrogens is 494 g/mol. The summed E-state index contributed by atoms with van der Waals surface area (Å²) in [5.41, 5.74) is 2.06. The molecule has 110 valence electrons. The van der Waals surface area contributed by atoms with Gasteiger partial charge in [0.2, 0.25) is 0 Å². The second-order valence-electron chi connectivity index (χ2n) is 4.20. The van der Waals surface area contributed by atoms with E-state index in [0.29, 0.717) is 27.6 Å². The molecule has 1 aromatic carbocycles. The zero-order chi connectivity index (χ0) is 15.1. The maximum absolute atomic E-state index is 14.3. The summed E-state index contributed by atoms with van der Waals surface area (Å²) in [6.45, 7) is 0. The summed E-state index contributed by atoms with van der Waals surface area (Å²) in [7, 11) is 1.46. The van der Waals surface area contributed by atoms with E-state index in [-0.39, 0.29) is 5.02 Å². The third-order valence-electron chi connectivity index (χ3n) is 3.07. The highest BCUT2D eigenvalue weighted by molar-refractivity contribution is 14.2. The molecule has 3 aromatic rings. The summed E-state index contributed by atoms with van der Waals surface area (Å²) in [5.74, 6) is -0.223. The van der Waals surface area contributed by atoms with Gasteiger partial charge in [-0.15, -0.1) is 0 Å². The molecule has 1 N–H and O–H groups in total. The maximum atomic E-state index is 14.3. The number of methoxy groups -OCH3 is 1. The van der Waals surface area contributed by atoms with Crippen molar-refractivity contribution in [3.8, 4) is 16.9 Å². The Balaban J connectivity index is 2.32. The Bertz CT molecular complexity index is 838. The number of hydrogen-bond acceptors (Lipinski definition) is 2. The van der Waals surface area contributed by atoms with Crippen molar-refractivity contribution in [3.63, 3.8) is 0 Å². The molecule has 1 atom stereocenters. The zero-order valence-electron chi connectivity index (χ0n) is 10.5. The SMILES string of the molecule is COc1cc2c(-c3cnn(PI)c3)c(Br)[nH]c2c(F)c1Cl. The van der Waals surface area contributed by atoms with Crippen molar-refractivity contribution >= 4 is 66.8 Å². The third-order valence-corrected chi connectivity index (χ3v) is 5.92. The molecule has 0 aliphatic carbocycles. The Kier molecular flexibility index (Phi) is 4.45. The van der Waals surface area contributed by atoms with E-state index < -0.39 is 5.82 Å². The number of benzene rings is 1. The van der Waals surface area contributed by atoms with Crippen molar-refractivity contribution in [1.82, 2.24) is 14.5 Å². The highest BCUT2D eigenvalue weighted by Crippen LogP contribution is 2.42. The molecule has 4 nitrogen and oxygen atoms in total. The Morgan fingerprint density at radius 1 is 1.57 bits per heavy atom. The van der Waals surface area contributed by atoms with Gasteiger partial charge in [-0.25, -0.2) is 8.84 Å². The molecule has 2 heterocycles. The van der Waals surface area contributed by atoms with E-state index in [0.717, 1.165) is 11.1 Å². The van der Waals surface area contributed by atoms with Crippen LogP contribution in [0.1, 0.15) is 0 Å². The number of aromatic nitrogens is 3. The summed E-state index contributed by atoms with van der Waals surface area (Å²) >= 11 is 11.6. The Morgan fingerprint density at radius 2 is 2.33 bits per heavy atom. The largest absolute Gasteiger partial charge is 0.495 e. The fourth-order valence-corrected chi connectivity index (χ4v) is 4.09. The first-order valence-corrected chi connectivity index (χ1v) is 10.9. The molecular formula is C12H8BrClFIN3OP. The van der Waals surface area contributed by atoms with Crippen LogP contribution in [-0.2, 0) is 0 Å². The lowest BCUT2D eigenvalue weighted by molar-refractivity contribution is 0.412. The summed E-state index contributed by atoms with van der Waals surface area (Å²) in [5, 5.41) is 4.92. The number of hydrogen-bond donors (Lipinski definition) is 1. The molecule has 0 aliphatic rings. The summed E-state index contributed by atoms with van der Waals surface area (Å²) < 4.78 is 22.0. The Morgan fingerprint density at radius 3 is 2.95 bits per heavy atom. The van der Waals surface area contributed by atoms with Crippen LogP contribution >= 0.6 is 55.9 Å². The van der Waals surface area contributed by atoms with E-state index in [2.05, 4.69) is 48.1 Å². The van der Waals surface area contributed by atoms with Crippen molar-refractivity contribution < 1.29 is 9.13 Å². The molecule has 21 heavy (non-hydrogen) atoms. The second kappa shape index (κ2) is 6.02. The number of aromatic amines is 1. The lowest BCUT2D eigenvalue weighted by Crippen LogP contribution is -1.88. The third kappa shape index (κ3) is 2.58. The molecule has 9 heteroatoms. The van der Waals surface area contributed by atoms with E-state index >= 15 is 0 Å². The van der Waals surface area contributed by atoms with Gasteiger partial charge in [-0.1, -0.05) is 11.6 Å². The molecule has 0 amide bonds. The first-order valence-electron chi connectivity index (χ1n) is 5.71. The normalized spacial score (nSPS) is 11.9. The minimum Gasteiger partial charge on any atom is -0.495 e. The van der Waals surface area contributed by atoms with Crippen molar-refractivity contribution in [2.75, 3.05) is 7.11 Å². The number of H-pyrrole nitrogens is 1. The number of nitrogens with zero attached hydrogens (tertiary/aromatic N) is 2. The van der Waals surface area contributed by atoms with Gasteiger partial charge in [0.25, 0.3) is 0 Å². The van der Waals surface area contributed by atoms with Crippen LogP contribution in [0.25, 0.3) is 22.0 Å². The van der Waals surface area contributed by atoms with Crippen molar-refractivity contribution in [2.45, 2.75) is 0 Å². The Labute approximate surface area is 147 Å². The highest BCUT2D eigenvalue weighted by Gasteiger charge is 2.20. The van der Waals surface area contributed by atoms with Crippen LogP contribution in [0.2, 0.25) is 5.02 Å². The van der Waals surface area contributed by atoms with Gasteiger partial charge in [-0.05, 0) is 44.0 Å². The van der Waals surface area contributed by atoms with Crippen LogP contribution < -0.4 is 4.74 Å². The summed E-state index contributed by atoms with van der Waals surface area (Å²) in [6, 6.07) is 1.72. The van der Waals surface area contributed by atoms with Crippen LogP contribution in [0.4, 0.5) is 4.39 Å². The topological polar surface area (TPSA) is 42.8 Å². The van der Waals surface area contributed by atoms with Crippen molar-refractivity contribution in [2.24, 2.45) is 0 Å².